The number of hydrogen-bond acceptors (Lipinski definition) is 3. The number of alkyl halides is 1. The van der Waals surface area contributed by atoms with Crippen LogP contribution < -0.4 is 0 Å². The molecule has 2 heterocycles. The van der Waals surface area contributed by atoms with Gasteiger partial charge in [-0.15, -0.1) is 0 Å². The molecule has 0 aromatic heterocycles. The molecular formula is C12H20FNO3. The maximum atomic E-state index is 11.8. The van der Waals surface area contributed by atoms with Crippen LogP contribution >= 0.6 is 0 Å². The summed E-state index contributed by atoms with van der Waals surface area (Å²) in [6.45, 7) is 3.15. The van der Waals surface area contributed by atoms with Gasteiger partial charge in [0.2, 0.25) is 0 Å². The van der Waals surface area contributed by atoms with E-state index in [1.54, 1.807) is 4.90 Å². The van der Waals surface area contributed by atoms with Crippen LogP contribution in [-0.4, -0.2) is 42.1 Å². The minimum absolute atomic E-state index is 0.0108. The Morgan fingerprint density at radius 1 is 1.35 bits per heavy atom. The zero-order chi connectivity index (χ0) is 12.8. The van der Waals surface area contributed by atoms with E-state index in [2.05, 4.69) is 0 Å². The molecule has 5 heteroatoms. The fraction of sp³-hybridized carbons (Fsp3) is 0.833. The number of hydrogen-bond donors (Lipinski definition) is 0. The van der Waals surface area contributed by atoms with E-state index < -0.39 is 12.8 Å². The summed E-state index contributed by atoms with van der Waals surface area (Å²) in [5.74, 6) is 0.219. The number of ketones is 1. The third-order valence-electron chi connectivity index (χ3n) is 3.06. The molecule has 0 N–H and O–H groups in total. The molecule has 0 aromatic carbocycles. The maximum Gasteiger partial charge on any atom is 0.410 e. The van der Waals surface area contributed by atoms with Crippen LogP contribution in [0.4, 0.5) is 9.18 Å². The standard InChI is InChI=1S/C10H14FNO3.C2H6/c11-3-4-15-10(14)12-7-1-2-8(12)6-9(13)5-7;1-2/h7-8H,1-6H2;1-2H3. The molecule has 2 atom stereocenters. The number of piperidine rings is 1. The summed E-state index contributed by atoms with van der Waals surface area (Å²) in [5.41, 5.74) is 0. The van der Waals surface area contributed by atoms with Crippen LogP contribution in [0.25, 0.3) is 0 Å². The van der Waals surface area contributed by atoms with Gasteiger partial charge >= 0.3 is 6.09 Å². The van der Waals surface area contributed by atoms with Gasteiger partial charge in [0.1, 0.15) is 19.1 Å². The number of Topliss-reactive ketones (excluding diaryl/α,β-unsaturated/α-hetero) is 1. The van der Waals surface area contributed by atoms with E-state index in [0.717, 1.165) is 12.8 Å². The first-order valence-corrected chi connectivity index (χ1v) is 6.25. The quantitative estimate of drug-likeness (QED) is 0.750. The molecule has 2 aliphatic heterocycles. The van der Waals surface area contributed by atoms with Crippen molar-refractivity contribution in [1.29, 1.82) is 0 Å². The van der Waals surface area contributed by atoms with Gasteiger partial charge in [0, 0.05) is 24.9 Å². The monoisotopic (exact) mass is 245 g/mol. The number of fused-ring (bicyclic) bond motifs is 2. The molecular weight excluding hydrogens is 225 g/mol. The summed E-state index contributed by atoms with van der Waals surface area (Å²) in [4.78, 5) is 24.4. The van der Waals surface area contributed by atoms with Gasteiger partial charge in [-0.2, -0.15) is 0 Å². The first-order valence-electron chi connectivity index (χ1n) is 6.25. The van der Waals surface area contributed by atoms with Crippen molar-refractivity contribution in [2.75, 3.05) is 13.3 Å². The molecule has 2 fully saturated rings. The second kappa shape index (κ2) is 6.57. The highest BCUT2D eigenvalue weighted by Crippen LogP contribution is 2.34. The molecule has 0 radical (unpaired) electrons. The van der Waals surface area contributed by atoms with Crippen LogP contribution in [0.3, 0.4) is 0 Å². The van der Waals surface area contributed by atoms with Crippen molar-refractivity contribution < 1.29 is 18.7 Å². The Labute approximate surface area is 101 Å². The minimum atomic E-state index is -0.659. The lowest BCUT2D eigenvalue weighted by Crippen LogP contribution is -2.47. The van der Waals surface area contributed by atoms with E-state index in [-0.39, 0.29) is 24.5 Å². The Kier molecular flexibility index (Phi) is 5.38. The summed E-state index contributed by atoms with van der Waals surface area (Å²) >= 11 is 0. The fourth-order valence-electron chi connectivity index (χ4n) is 2.47. The van der Waals surface area contributed by atoms with Gasteiger partial charge in [0.05, 0.1) is 0 Å². The fourth-order valence-corrected chi connectivity index (χ4v) is 2.47. The highest BCUT2D eigenvalue weighted by atomic mass is 19.1. The first-order chi connectivity index (χ1) is 8.22. The highest BCUT2D eigenvalue weighted by Gasteiger charge is 2.43. The molecule has 0 saturated carbocycles. The lowest BCUT2D eigenvalue weighted by atomic mass is 10.0. The second-order valence-electron chi connectivity index (χ2n) is 4.04. The average molecular weight is 245 g/mol. The summed E-state index contributed by atoms with van der Waals surface area (Å²) in [6, 6.07) is -0.0216. The molecule has 1 amide bonds. The molecule has 2 rings (SSSR count). The summed E-state index contributed by atoms with van der Waals surface area (Å²) < 4.78 is 16.6. The number of amides is 1. The lowest BCUT2D eigenvalue weighted by Gasteiger charge is -2.32. The van der Waals surface area contributed by atoms with Crippen LogP contribution in [0.15, 0.2) is 0 Å². The number of halogens is 1. The summed E-state index contributed by atoms with van der Waals surface area (Å²) in [7, 11) is 0. The van der Waals surface area contributed by atoms with Gasteiger partial charge in [-0.3, -0.25) is 4.79 Å². The third-order valence-corrected chi connectivity index (χ3v) is 3.06. The molecule has 4 nitrogen and oxygen atoms in total. The van der Waals surface area contributed by atoms with E-state index >= 15 is 0 Å². The van der Waals surface area contributed by atoms with E-state index in [1.807, 2.05) is 13.8 Å². The SMILES string of the molecule is CC.O=C1CC2CCC(C1)N2C(=O)OCCF. The van der Waals surface area contributed by atoms with Crippen LogP contribution in [0, 0.1) is 0 Å². The van der Waals surface area contributed by atoms with Crippen molar-refractivity contribution >= 4 is 11.9 Å². The number of carbonyl (C=O) groups is 2. The molecule has 17 heavy (non-hydrogen) atoms. The van der Waals surface area contributed by atoms with E-state index in [4.69, 9.17) is 4.74 Å². The molecule has 98 valence electrons. The Morgan fingerprint density at radius 2 is 1.88 bits per heavy atom. The zero-order valence-corrected chi connectivity index (χ0v) is 10.4. The molecule has 0 aliphatic carbocycles. The number of rotatable bonds is 2. The van der Waals surface area contributed by atoms with Gasteiger partial charge in [-0.1, -0.05) is 13.8 Å². The van der Waals surface area contributed by atoms with E-state index in [1.165, 1.54) is 0 Å². The van der Waals surface area contributed by atoms with Gasteiger partial charge in [-0.05, 0) is 12.8 Å². The molecule has 0 aromatic rings. The summed E-state index contributed by atoms with van der Waals surface area (Å²) in [5, 5.41) is 0. The smallest absolute Gasteiger partial charge is 0.410 e. The van der Waals surface area contributed by atoms with Gasteiger partial charge in [0.25, 0.3) is 0 Å². The van der Waals surface area contributed by atoms with Crippen molar-refractivity contribution in [3.63, 3.8) is 0 Å². The Bertz CT molecular complexity index is 267. The molecule has 0 spiro atoms. The predicted octanol–water partition coefficient (Wildman–Crippen LogP) is 2.31. The molecule has 2 bridgehead atoms. The van der Waals surface area contributed by atoms with Crippen molar-refractivity contribution in [2.24, 2.45) is 0 Å². The Hall–Kier alpha value is -1.13. The normalized spacial score (nSPS) is 26.3. The molecule has 2 unspecified atom stereocenters. The van der Waals surface area contributed by atoms with Crippen molar-refractivity contribution in [1.82, 2.24) is 4.90 Å². The highest BCUT2D eigenvalue weighted by molar-refractivity contribution is 5.83. The Balaban J connectivity index is 0.000000686. The third kappa shape index (κ3) is 3.17. The molecule has 2 saturated heterocycles. The van der Waals surface area contributed by atoms with E-state index in [9.17, 15) is 14.0 Å². The van der Waals surface area contributed by atoms with Crippen LogP contribution in [0.1, 0.15) is 39.5 Å². The predicted molar refractivity (Wildman–Crippen MR) is 61.6 cm³/mol. The first kappa shape index (κ1) is 13.9. The summed E-state index contributed by atoms with van der Waals surface area (Å²) in [6.07, 6.45) is 2.12. The Morgan fingerprint density at radius 3 is 2.35 bits per heavy atom. The van der Waals surface area contributed by atoms with Gasteiger partial charge in [-0.25, -0.2) is 9.18 Å². The average Bonchev–Trinajstić information content (AvgIpc) is 2.61. The van der Waals surface area contributed by atoms with Crippen LogP contribution in [0.2, 0.25) is 0 Å². The minimum Gasteiger partial charge on any atom is -0.447 e. The van der Waals surface area contributed by atoms with Crippen LogP contribution in [-0.2, 0) is 9.53 Å². The topological polar surface area (TPSA) is 46.6 Å². The van der Waals surface area contributed by atoms with Crippen molar-refractivity contribution in [3.05, 3.63) is 0 Å². The number of nitrogens with zero attached hydrogens (tertiary/aromatic N) is 1. The van der Waals surface area contributed by atoms with Crippen LogP contribution in [0.5, 0.6) is 0 Å². The van der Waals surface area contributed by atoms with E-state index in [0.29, 0.717) is 12.8 Å². The number of ether oxygens (including phenoxy) is 1. The van der Waals surface area contributed by atoms with Crippen molar-refractivity contribution in [3.8, 4) is 0 Å². The van der Waals surface area contributed by atoms with Gasteiger partial charge in [0.15, 0.2) is 0 Å². The zero-order valence-electron chi connectivity index (χ0n) is 10.4. The lowest BCUT2D eigenvalue weighted by molar-refractivity contribution is -0.123. The van der Waals surface area contributed by atoms with Gasteiger partial charge < -0.3 is 9.64 Å². The molecule has 2 aliphatic rings. The number of carbonyl (C=O) groups excluding carboxylic acids is 2. The largest absolute Gasteiger partial charge is 0.447 e. The van der Waals surface area contributed by atoms with Crippen molar-refractivity contribution in [2.45, 2.75) is 51.6 Å². The second-order valence-corrected chi connectivity index (χ2v) is 4.04. The maximum absolute atomic E-state index is 11.8.